The zero-order chi connectivity index (χ0) is 23.1. The van der Waals surface area contributed by atoms with Crippen molar-refractivity contribution in [2.75, 3.05) is 26.3 Å². The number of nitrogens with one attached hydrogen (secondary N) is 1. The van der Waals surface area contributed by atoms with Gasteiger partial charge in [-0.25, -0.2) is 0 Å². The van der Waals surface area contributed by atoms with E-state index in [9.17, 15) is 9.59 Å². The molecule has 0 aliphatic carbocycles. The Hall–Kier alpha value is -3.02. The van der Waals surface area contributed by atoms with Gasteiger partial charge in [-0.1, -0.05) is 39.0 Å². The molecule has 1 N–H and O–H groups in total. The van der Waals surface area contributed by atoms with Gasteiger partial charge in [0.05, 0.1) is 6.61 Å². The Morgan fingerprint density at radius 3 is 2.28 bits per heavy atom. The molecule has 6 nitrogen and oxygen atoms in total. The molecule has 1 aliphatic heterocycles. The third-order valence-electron chi connectivity index (χ3n) is 5.61. The van der Waals surface area contributed by atoms with Crippen molar-refractivity contribution in [1.82, 2.24) is 10.2 Å². The SMILES string of the molecule is CCOc1ccc(C(=O)N2CCC(NC(=O)COc3ccccc3C(C)(C)C)CC2)cc1. The minimum atomic E-state index is -0.134. The van der Waals surface area contributed by atoms with Crippen molar-refractivity contribution in [3.05, 3.63) is 59.7 Å². The predicted octanol–water partition coefficient (Wildman–Crippen LogP) is 4.18. The number of likely N-dealkylation sites (tertiary alicyclic amines) is 1. The number of nitrogens with zero attached hydrogens (tertiary/aromatic N) is 1. The number of ether oxygens (including phenoxy) is 2. The molecule has 3 rings (SSSR count). The fourth-order valence-electron chi connectivity index (χ4n) is 3.89. The number of hydrogen-bond acceptors (Lipinski definition) is 4. The third kappa shape index (κ3) is 6.25. The molecule has 0 atom stereocenters. The Morgan fingerprint density at radius 1 is 1.00 bits per heavy atom. The number of benzene rings is 2. The van der Waals surface area contributed by atoms with Gasteiger partial charge in [0, 0.05) is 24.7 Å². The zero-order valence-corrected chi connectivity index (χ0v) is 19.5. The molecule has 0 unspecified atom stereocenters. The Labute approximate surface area is 190 Å². The summed E-state index contributed by atoms with van der Waals surface area (Å²) in [4.78, 5) is 27.0. The summed E-state index contributed by atoms with van der Waals surface area (Å²) in [6.45, 7) is 10.1. The summed E-state index contributed by atoms with van der Waals surface area (Å²) in [6.07, 6.45) is 1.46. The van der Waals surface area contributed by atoms with E-state index >= 15 is 0 Å². The highest BCUT2D eigenvalue weighted by molar-refractivity contribution is 5.94. The molecule has 0 radical (unpaired) electrons. The van der Waals surface area contributed by atoms with Crippen molar-refractivity contribution in [1.29, 1.82) is 0 Å². The van der Waals surface area contributed by atoms with Crippen LogP contribution >= 0.6 is 0 Å². The highest BCUT2D eigenvalue weighted by Gasteiger charge is 2.25. The molecular formula is C26H34N2O4. The van der Waals surface area contributed by atoms with E-state index in [0.717, 1.165) is 29.9 Å². The van der Waals surface area contributed by atoms with Crippen LogP contribution in [0.3, 0.4) is 0 Å². The number of carbonyl (C=O) groups is 2. The van der Waals surface area contributed by atoms with Crippen molar-refractivity contribution in [3.8, 4) is 11.5 Å². The van der Waals surface area contributed by atoms with E-state index in [0.29, 0.717) is 25.3 Å². The summed E-state index contributed by atoms with van der Waals surface area (Å²) in [7, 11) is 0. The first-order valence-electron chi connectivity index (χ1n) is 11.3. The summed E-state index contributed by atoms with van der Waals surface area (Å²) in [5.41, 5.74) is 1.67. The van der Waals surface area contributed by atoms with Gasteiger partial charge in [0.2, 0.25) is 0 Å². The highest BCUT2D eigenvalue weighted by Crippen LogP contribution is 2.30. The molecular weight excluding hydrogens is 404 g/mol. The molecule has 0 saturated carbocycles. The maximum absolute atomic E-state index is 12.7. The van der Waals surface area contributed by atoms with Crippen molar-refractivity contribution >= 4 is 11.8 Å². The molecule has 0 spiro atoms. The summed E-state index contributed by atoms with van der Waals surface area (Å²) >= 11 is 0. The van der Waals surface area contributed by atoms with Gasteiger partial charge in [0.1, 0.15) is 11.5 Å². The van der Waals surface area contributed by atoms with E-state index in [1.165, 1.54) is 0 Å². The van der Waals surface area contributed by atoms with Crippen LogP contribution in [0.25, 0.3) is 0 Å². The fraction of sp³-hybridized carbons (Fsp3) is 0.462. The highest BCUT2D eigenvalue weighted by atomic mass is 16.5. The molecule has 172 valence electrons. The van der Waals surface area contributed by atoms with Crippen molar-refractivity contribution in [2.24, 2.45) is 0 Å². The van der Waals surface area contributed by atoms with Gasteiger partial charge in [-0.3, -0.25) is 9.59 Å². The number of carbonyl (C=O) groups excluding carboxylic acids is 2. The number of amides is 2. The second-order valence-corrected chi connectivity index (χ2v) is 9.13. The van der Waals surface area contributed by atoms with E-state index in [1.54, 1.807) is 12.1 Å². The van der Waals surface area contributed by atoms with Crippen LogP contribution in [-0.4, -0.2) is 49.1 Å². The monoisotopic (exact) mass is 438 g/mol. The summed E-state index contributed by atoms with van der Waals surface area (Å²) < 4.78 is 11.3. The normalized spacial score (nSPS) is 14.7. The molecule has 1 aliphatic rings. The minimum Gasteiger partial charge on any atom is -0.494 e. The number of rotatable bonds is 7. The molecule has 2 amide bonds. The minimum absolute atomic E-state index is 0.0138. The fourth-order valence-corrected chi connectivity index (χ4v) is 3.89. The first kappa shape index (κ1) is 23.6. The lowest BCUT2D eigenvalue weighted by Gasteiger charge is -2.32. The summed E-state index contributed by atoms with van der Waals surface area (Å²) in [5.74, 6) is 1.38. The van der Waals surface area contributed by atoms with E-state index < -0.39 is 0 Å². The van der Waals surface area contributed by atoms with E-state index in [1.807, 2.05) is 48.2 Å². The number of para-hydroxylation sites is 1. The Balaban J connectivity index is 1.46. The molecule has 0 bridgehead atoms. The third-order valence-corrected chi connectivity index (χ3v) is 5.61. The van der Waals surface area contributed by atoms with Crippen LogP contribution in [0.5, 0.6) is 11.5 Å². The van der Waals surface area contributed by atoms with E-state index in [2.05, 4.69) is 26.1 Å². The topological polar surface area (TPSA) is 67.9 Å². The lowest BCUT2D eigenvalue weighted by molar-refractivity contribution is -0.124. The van der Waals surface area contributed by atoms with Gasteiger partial charge in [-0.2, -0.15) is 0 Å². The van der Waals surface area contributed by atoms with Crippen LogP contribution in [0.15, 0.2) is 48.5 Å². The summed E-state index contributed by atoms with van der Waals surface area (Å²) in [5, 5.41) is 3.05. The number of piperidine rings is 1. The van der Waals surface area contributed by atoms with Gasteiger partial charge in [0.15, 0.2) is 6.61 Å². The average Bonchev–Trinajstić information content (AvgIpc) is 2.78. The van der Waals surface area contributed by atoms with Crippen LogP contribution in [0.1, 0.15) is 56.5 Å². The molecule has 2 aromatic rings. The second-order valence-electron chi connectivity index (χ2n) is 9.13. The Morgan fingerprint density at radius 2 is 1.66 bits per heavy atom. The van der Waals surface area contributed by atoms with Crippen LogP contribution in [-0.2, 0) is 10.2 Å². The molecule has 1 fully saturated rings. The molecule has 1 heterocycles. The zero-order valence-electron chi connectivity index (χ0n) is 19.5. The standard InChI is InChI=1S/C26H34N2O4/c1-5-31-21-12-10-19(11-13-21)25(30)28-16-14-20(15-17-28)27-24(29)18-32-23-9-7-6-8-22(23)26(2,3)4/h6-13,20H,5,14-18H2,1-4H3,(H,27,29). The first-order valence-corrected chi connectivity index (χ1v) is 11.3. The maximum Gasteiger partial charge on any atom is 0.258 e. The van der Waals surface area contributed by atoms with Crippen molar-refractivity contribution < 1.29 is 19.1 Å². The largest absolute Gasteiger partial charge is 0.494 e. The molecule has 0 aromatic heterocycles. The Bertz CT molecular complexity index is 910. The van der Waals surface area contributed by atoms with Crippen LogP contribution in [0.2, 0.25) is 0 Å². The van der Waals surface area contributed by atoms with Gasteiger partial charge in [-0.15, -0.1) is 0 Å². The first-order chi connectivity index (χ1) is 15.3. The predicted molar refractivity (Wildman–Crippen MR) is 125 cm³/mol. The van der Waals surface area contributed by atoms with Gasteiger partial charge in [0.25, 0.3) is 11.8 Å². The van der Waals surface area contributed by atoms with E-state index in [-0.39, 0.29) is 29.9 Å². The van der Waals surface area contributed by atoms with Gasteiger partial charge < -0.3 is 19.7 Å². The summed E-state index contributed by atoms with van der Waals surface area (Å²) in [6, 6.07) is 15.1. The van der Waals surface area contributed by atoms with E-state index in [4.69, 9.17) is 9.47 Å². The van der Waals surface area contributed by atoms with Crippen LogP contribution < -0.4 is 14.8 Å². The lowest BCUT2D eigenvalue weighted by atomic mass is 9.86. The van der Waals surface area contributed by atoms with Gasteiger partial charge >= 0.3 is 0 Å². The molecule has 6 heteroatoms. The molecule has 2 aromatic carbocycles. The Kier molecular flexibility index (Phi) is 7.78. The van der Waals surface area contributed by atoms with Crippen molar-refractivity contribution in [3.63, 3.8) is 0 Å². The van der Waals surface area contributed by atoms with Crippen LogP contribution in [0, 0.1) is 0 Å². The molecule has 32 heavy (non-hydrogen) atoms. The molecule has 1 saturated heterocycles. The average molecular weight is 439 g/mol. The lowest BCUT2D eigenvalue weighted by Crippen LogP contribution is -2.47. The smallest absolute Gasteiger partial charge is 0.258 e. The van der Waals surface area contributed by atoms with Crippen LogP contribution in [0.4, 0.5) is 0 Å². The quantitative estimate of drug-likeness (QED) is 0.704. The maximum atomic E-state index is 12.7. The van der Waals surface area contributed by atoms with Crippen molar-refractivity contribution in [2.45, 2.75) is 52.0 Å². The number of hydrogen-bond donors (Lipinski definition) is 1. The second kappa shape index (κ2) is 10.5. The van der Waals surface area contributed by atoms with Gasteiger partial charge in [-0.05, 0) is 61.1 Å².